The molecule has 0 radical (unpaired) electrons. The van der Waals surface area contributed by atoms with E-state index in [1.54, 1.807) is 0 Å². The molecule has 0 bridgehead atoms. The monoisotopic (exact) mass is 678 g/mol. The summed E-state index contributed by atoms with van der Waals surface area (Å²) in [6.07, 6.45) is 6.35. The molecule has 0 aromatic heterocycles. The van der Waals surface area contributed by atoms with Crippen molar-refractivity contribution in [3.8, 4) is 0 Å². The zero-order valence-corrected chi connectivity index (χ0v) is 32.1. The molecule has 276 valence electrons. The normalized spacial score (nSPS) is 24.0. The molecule has 0 aliphatic carbocycles. The lowest BCUT2D eigenvalue weighted by atomic mass is 9.91. The Morgan fingerprint density at radius 3 is 1.44 bits per heavy atom. The number of nitrogens with zero attached hydrogens (tertiary/aromatic N) is 5. The predicted molar refractivity (Wildman–Crippen MR) is 196 cm³/mol. The molecule has 0 aromatic carbocycles. The Hall–Kier alpha value is -2.85. The third-order valence-corrected chi connectivity index (χ3v) is 8.73. The number of hydrogen-bond acceptors (Lipinski definition) is 10. The average molecular weight is 678 g/mol. The molecule has 0 spiro atoms. The SMILES string of the molecule is CCCCOC(=O)N(CCCC[C@]1(C)N=C(OCC)[C@@H](C(C)C)N=C1OCC)CCCC[C@]1(C)N=C(OCC)[C@@H](C(C)C)N=C1OCC. The first-order valence-electron chi connectivity index (χ1n) is 18.7. The Balaban J connectivity index is 2.09. The molecule has 11 heteroatoms. The summed E-state index contributed by atoms with van der Waals surface area (Å²) in [5.41, 5.74) is -1.22. The molecule has 0 aromatic rings. The molecular weight excluding hydrogens is 610 g/mol. The minimum Gasteiger partial charge on any atom is -0.480 e. The van der Waals surface area contributed by atoms with Crippen molar-refractivity contribution in [2.45, 2.75) is 151 Å². The number of amides is 1. The third kappa shape index (κ3) is 11.9. The number of carbonyl (C=O) groups is 1. The molecule has 2 heterocycles. The Bertz CT molecular complexity index is 1030. The van der Waals surface area contributed by atoms with Gasteiger partial charge in [-0.1, -0.05) is 41.0 Å². The van der Waals surface area contributed by atoms with Crippen molar-refractivity contribution in [1.29, 1.82) is 0 Å². The molecule has 2 rings (SSSR count). The van der Waals surface area contributed by atoms with Crippen LogP contribution in [0.3, 0.4) is 0 Å². The number of hydrogen-bond donors (Lipinski definition) is 0. The first kappa shape index (κ1) is 41.3. The number of carbonyl (C=O) groups excluding carboxylic acids is 1. The van der Waals surface area contributed by atoms with Crippen molar-refractivity contribution >= 4 is 29.7 Å². The van der Waals surface area contributed by atoms with Gasteiger partial charge in [0.1, 0.15) is 23.2 Å². The van der Waals surface area contributed by atoms with Crippen LogP contribution in [0, 0.1) is 11.8 Å². The Kier molecular flexibility index (Phi) is 17.7. The maximum atomic E-state index is 13.2. The summed E-state index contributed by atoms with van der Waals surface area (Å²) in [6, 6.07) is -0.291. The third-order valence-electron chi connectivity index (χ3n) is 8.73. The number of rotatable bonds is 19. The van der Waals surface area contributed by atoms with Crippen molar-refractivity contribution < 1.29 is 28.5 Å². The van der Waals surface area contributed by atoms with E-state index < -0.39 is 11.1 Å². The van der Waals surface area contributed by atoms with Crippen molar-refractivity contribution in [2.24, 2.45) is 31.8 Å². The lowest BCUT2D eigenvalue weighted by Crippen LogP contribution is -2.45. The molecule has 0 fully saturated rings. The molecule has 2 aliphatic heterocycles. The van der Waals surface area contributed by atoms with E-state index in [2.05, 4.69) is 48.5 Å². The average Bonchev–Trinajstić information content (AvgIpc) is 3.03. The molecule has 4 atom stereocenters. The second kappa shape index (κ2) is 20.6. The van der Waals surface area contributed by atoms with Crippen LogP contribution in [0.25, 0.3) is 0 Å². The van der Waals surface area contributed by atoms with Gasteiger partial charge in [0, 0.05) is 13.1 Å². The first-order valence-corrected chi connectivity index (χ1v) is 18.7. The minimum atomic E-state index is -0.608. The van der Waals surface area contributed by atoms with Gasteiger partial charge in [-0.15, -0.1) is 0 Å². The van der Waals surface area contributed by atoms with Gasteiger partial charge in [0.15, 0.2) is 0 Å². The van der Waals surface area contributed by atoms with Crippen LogP contribution in [0.1, 0.15) is 128 Å². The number of unbranched alkanes of at least 4 members (excludes halogenated alkanes) is 3. The van der Waals surface area contributed by atoms with Gasteiger partial charge < -0.3 is 28.6 Å². The van der Waals surface area contributed by atoms with Gasteiger partial charge >= 0.3 is 6.09 Å². The maximum Gasteiger partial charge on any atom is 0.409 e. The van der Waals surface area contributed by atoms with Crippen LogP contribution in [0.15, 0.2) is 20.0 Å². The van der Waals surface area contributed by atoms with Crippen molar-refractivity contribution in [2.75, 3.05) is 46.1 Å². The van der Waals surface area contributed by atoms with Gasteiger partial charge in [0.2, 0.25) is 23.6 Å². The van der Waals surface area contributed by atoms with Gasteiger partial charge in [0.05, 0.1) is 33.0 Å². The lowest BCUT2D eigenvalue weighted by Gasteiger charge is -2.35. The zero-order chi connectivity index (χ0) is 35.7. The molecule has 11 nitrogen and oxygen atoms in total. The summed E-state index contributed by atoms with van der Waals surface area (Å²) < 4.78 is 29.6. The standard InChI is InChI=1S/C37H67N5O6/c1-12-17-26-48-35(43)42(24-20-18-22-36(10)33(46-15-4)38-29(27(6)7)31(40-36)44-13-2)25-21-19-23-37(11)34(47-16-5)39-30(28(8)9)32(41-37)45-14-3/h27-30H,12-26H2,1-11H3/t29-,30-,36+,37+/m1/s1. The second-order valence-corrected chi connectivity index (χ2v) is 13.8. The molecule has 48 heavy (non-hydrogen) atoms. The van der Waals surface area contributed by atoms with Crippen LogP contribution in [0.2, 0.25) is 0 Å². The van der Waals surface area contributed by atoms with E-state index in [1.165, 1.54) is 0 Å². The van der Waals surface area contributed by atoms with E-state index in [1.807, 2.05) is 32.6 Å². The fourth-order valence-electron chi connectivity index (χ4n) is 5.97. The quantitative estimate of drug-likeness (QED) is 0.128. The first-order chi connectivity index (χ1) is 22.9. The molecule has 0 N–H and O–H groups in total. The maximum absolute atomic E-state index is 13.2. The topological polar surface area (TPSA) is 116 Å². The highest BCUT2D eigenvalue weighted by Crippen LogP contribution is 2.31. The molecule has 0 saturated heterocycles. The van der Waals surface area contributed by atoms with E-state index in [0.717, 1.165) is 51.4 Å². The Labute approximate surface area is 291 Å². The zero-order valence-electron chi connectivity index (χ0n) is 32.1. The van der Waals surface area contributed by atoms with Crippen LogP contribution in [-0.4, -0.2) is 104 Å². The highest BCUT2D eigenvalue weighted by molar-refractivity contribution is 5.97. The fraction of sp³-hybridized carbons (Fsp3) is 0.865. The van der Waals surface area contributed by atoms with Crippen molar-refractivity contribution in [1.82, 2.24) is 4.90 Å². The summed E-state index contributed by atoms with van der Waals surface area (Å²) in [6.45, 7) is 26.4. The minimum absolute atomic E-state index is 0.146. The molecule has 0 unspecified atom stereocenters. The van der Waals surface area contributed by atoms with Gasteiger partial charge in [-0.3, -0.25) is 0 Å². The van der Waals surface area contributed by atoms with Gasteiger partial charge in [0.25, 0.3) is 0 Å². The fourth-order valence-corrected chi connectivity index (χ4v) is 5.97. The van der Waals surface area contributed by atoms with Gasteiger partial charge in [-0.2, -0.15) is 0 Å². The van der Waals surface area contributed by atoms with E-state index in [-0.39, 0.29) is 30.0 Å². The van der Waals surface area contributed by atoms with E-state index >= 15 is 0 Å². The Morgan fingerprint density at radius 2 is 1.08 bits per heavy atom. The van der Waals surface area contributed by atoms with Gasteiger partial charge in [-0.25, -0.2) is 24.8 Å². The van der Waals surface area contributed by atoms with E-state index in [9.17, 15) is 4.79 Å². The van der Waals surface area contributed by atoms with Crippen LogP contribution in [0.5, 0.6) is 0 Å². The molecular formula is C37H67N5O6. The van der Waals surface area contributed by atoms with Crippen LogP contribution in [0.4, 0.5) is 4.79 Å². The molecule has 2 aliphatic rings. The summed E-state index contributed by atoms with van der Waals surface area (Å²) in [5, 5.41) is 0. The van der Waals surface area contributed by atoms with Crippen LogP contribution in [-0.2, 0) is 23.7 Å². The van der Waals surface area contributed by atoms with Crippen LogP contribution >= 0.6 is 0 Å². The summed E-state index contributed by atoms with van der Waals surface area (Å²) in [5.74, 6) is 3.20. The smallest absolute Gasteiger partial charge is 0.409 e. The summed E-state index contributed by atoms with van der Waals surface area (Å²) in [4.78, 5) is 35.1. The highest BCUT2D eigenvalue weighted by atomic mass is 16.6. The summed E-state index contributed by atoms with van der Waals surface area (Å²) >= 11 is 0. The second-order valence-electron chi connectivity index (χ2n) is 13.8. The molecule has 1 amide bonds. The largest absolute Gasteiger partial charge is 0.480 e. The van der Waals surface area contributed by atoms with Crippen molar-refractivity contribution in [3.05, 3.63) is 0 Å². The predicted octanol–water partition coefficient (Wildman–Crippen LogP) is 7.90. The van der Waals surface area contributed by atoms with Crippen molar-refractivity contribution in [3.63, 3.8) is 0 Å². The lowest BCUT2D eigenvalue weighted by molar-refractivity contribution is 0.0992. The van der Waals surface area contributed by atoms with E-state index in [0.29, 0.717) is 69.7 Å². The number of ether oxygens (including phenoxy) is 5. The Morgan fingerprint density at radius 1 is 0.667 bits per heavy atom. The number of aliphatic imine (C=N–C) groups is 4. The van der Waals surface area contributed by atoms with Crippen LogP contribution < -0.4 is 0 Å². The highest BCUT2D eigenvalue weighted by Gasteiger charge is 2.41. The van der Waals surface area contributed by atoms with E-state index in [4.69, 9.17) is 43.7 Å². The van der Waals surface area contributed by atoms with Gasteiger partial charge in [-0.05, 0) is 98.3 Å². The summed E-state index contributed by atoms with van der Waals surface area (Å²) in [7, 11) is 0. The molecule has 0 saturated carbocycles.